The SMILES string of the molecule is CCOc1cccc2sc(N(CCn3cccn3)C(=O)c3nc4ccccc4s3)nc12. The molecule has 31 heavy (non-hydrogen) atoms. The maximum atomic E-state index is 13.5. The number of carbonyl (C=O) groups is 1. The second kappa shape index (κ2) is 8.44. The first-order valence-corrected chi connectivity index (χ1v) is 11.5. The summed E-state index contributed by atoms with van der Waals surface area (Å²) < 4.78 is 9.50. The second-order valence-electron chi connectivity index (χ2n) is 6.75. The van der Waals surface area contributed by atoms with E-state index in [4.69, 9.17) is 9.72 Å². The number of thiazole rings is 2. The lowest BCUT2D eigenvalue weighted by Gasteiger charge is -2.18. The number of rotatable bonds is 7. The largest absolute Gasteiger partial charge is 0.492 e. The monoisotopic (exact) mass is 449 g/mol. The van der Waals surface area contributed by atoms with E-state index in [-0.39, 0.29) is 5.91 Å². The molecule has 0 N–H and O–H groups in total. The van der Waals surface area contributed by atoms with Crippen LogP contribution in [-0.2, 0) is 6.54 Å². The van der Waals surface area contributed by atoms with E-state index < -0.39 is 0 Å². The number of amides is 1. The van der Waals surface area contributed by atoms with Crippen molar-refractivity contribution in [2.45, 2.75) is 13.5 Å². The Balaban J connectivity index is 1.54. The number of carbonyl (C=O) groups excluding carboxylic acids is 1. The molecule has 0 saturated carbocycles. The highest BCUT2D eigenvalue weighted by Gasteiger charge is 2.25. The van der Waals surface area contributed by atoms with E-state index in [2.05, 4.69) is 10.1 Å². The van der Waals surface area contributed by atoms with Crippen LogP contribution in [0.15, 0.2) is 60.9 Å². The Morgan fingerprint density at radius 3 is 2.74 bits per heavy atom. The first-order chi connectivity index (χ1) is 15.2. The Bertz CT molecular complexity index is 1310. The third-order valence-electron chi connectivity index (χ3n) is 4.74. The van der Waals surface area contributed by atoms with Crippen molar-refractivity contribution in [1.82, 2.24) is 19.7 Å². The van der Waals surface area contributed by atoms with Crippen LogP contribution in [0.25, 0.3) is 20.4 Å². The summed E-state index contributed by atoms with van der Waals surface area (Å²) >= 11 is 2.87. The summed E-state index contributed by atoms with van der Waals surface area (Å²) in [5.74, 6) is 0.562. The van der Waals surface area contributed by atoms with Crippen LogP contribution in [0.3, 0.4) is 0 Å². The van der Waals surface area contributed by atoms with Gasteiger partial charge in [0.1, 0.15) is 11.3 Å². The van der Waals surface area contributed by atoms with Crippen LogP contribution >= 0.6 is 22.7 Å². The minimum absolute atomic E-state index is 0.162. The molecule has 0 radical (unpaired) electrons. The van der Waals surface area contributed by atoms with E-state index in [9.17, 15) is 4.79 Å². The first-order valence-electron chi connectivity index (χ1n) is 9.90. The van der Waals surface area contributed by atoms with E-state index in [0.29, 0.717) is 29.8 Å². The molecule has 0 aliphatic heterocycles. The van der Waals surface area contributed by atoms with Gasteiger partial charge in [0.05, 0.1) is 28.1 Å². The van der Waals surface area contributed by atoms with Gasteiger partial charge in [0.15, 0.2) is 10.1 Å². The highest BCUT2D eigenvalue weighted by molar-refractivity contribution is 7.23. The standard InChI is InChI=1S/C22H19N5O2S2/c1-2-29-16-8-5-10-18-19(16)25-22(31-18)27(14-13-26-12-6-11-23-26)21(28)20-24-15-7-3-4-9-17(15)30-20/h3-12H,2,13-14H2,1H3. The third kappa shape index (κ3) is 3.89. The predicted molar refractivity (Wildman–Crippen MR) is 124 cm³/mol. The van der Waals surface area contributed by atoms with Gasteiger partial charge in [-0.05, 0) is 37.3 Å². The molecular weight excluding hydrogens is 430 g/mol. The molecular formula is C22H19N5O2S2. The molecule has 0 unspecified atom stereocenters. The van der Waals surface area contributed by atoms with E-state index in [0.717, 1.165) is 26.2 Å². The van der Waals surface area contributed by atoms with Crippen LogP contribution in [-0.4, -0.2) is 38.8 Å². The predicted octanol–water partition coefficient (Wildman–Crippen LogP) is 4.85. The number of benzene rings is 2. The van der Waals surface area contributed by atoms with Crippen molar-refractivity contribution < 1.29 is 9.53 Å². The van der Waals surface area contributed by atoms with Crippen LogP contribution in [0.5, 0.6) is 5.75 Å². The first kappa shape index (κ1) is 19.7. The molecule has 3 aromatic heterocycles. The zero-order valence-electron chi connectivity index (χ0n) is 16.8. The Morgan fingerprint density at radius 1 is 1.06 bits per heavy atom. The summed E-state index contributed by atoms with van der Waals surface area (Å²) in [7, 11) is 0. The number of anilines is 1. The van der Waals surface area contributed by atoms with Crippen molar-refractivity contribution in [3.05, 3.63) is 65.9 Å². The molecule has 0 bridgehead atoms. The van der Waals surface area contributed by atoms with E-state index in [1.165, 1.54) is 22.7 Å². The molecule has 1 amide bonds. The quantitative estimate of drug-likeness (QED) is 0.355. The lowest BCUT2D eigenvalue weighted by Crippen LogP contribution is -2.34. The van der Waals surface area contributed by atoms with Gasteiger partial charge >= 0.3 is 0 Å². The highest BCUT2D eigenvalue weighted by atomic mass is 32.1. The smallest absolute Gasteiger partial charge is 0.289 e. The summed E-state index contributed by atoms with van der Waals surface area (Å²) in [6, 6.07) is 15.5. The number of aromatic nitrogens is 4. The molecule has 0 fully saturated rings. The molecule has 5 rings (SSSR count). The van der Waals surface area contributed by atoms with Crippen LogP contribution in [0.2, 0.25) is 0 Å². The fourth-order valence-electron chi connectivity index (χ4n) is 3.30. The van der Waals surface area contributed by atoms with Crippen molar-refractivity contribution in [1.29, 1.82) is 0 Å². The lowest BCUT2D eigenvalue weighted by molar-refractivity contribution is 0.0985. The number of nitrogens with zero attached hydrogens (tertiary/aromatic N) is 5. The van der Waals surface area contributed by atoms with E-state index in [1.807, 2.05) is 61.7 Å². The molecule has 0 atom stereocenters. The van der Waals surface area contributed by atoms with E-state index in [1.54, 1.807) is 15.8 Å². The number of para-hydroxylation sites is 2. The highest BCUT2D eigenvalue weighted by Crippen LogP contribution is 2.35. The third-order valence-corrected chi connectivity index (χ3v) is 6.80. The van der Waals surface area contributed by atoms with Crippen molar-refractivity contribution in [3.63, 3.8) is 0 Å². The maximum absolute atomic E-state index is 13.5. The fourth-order valence-corrected chi connectivity index (χ4v) is 5.22. The molecule has 9 heteroatoms. The van der Waals surface area contributed by atoms with Crippen molar-refractivity contribution in [3.8, 4) is 5.75 Å². The molecule has 0 saturated heterocycles. The van der Waals surface area contributed by atoms with Gasteiger partial charge in [-0.25, -0.2) is 9.97 Å². The van der Waals surface area contributed by atoms with Gasteiger partial charge in [0.25, 0.3) is 5.91 Å². The fraction of sp³-hybridized carbons (Fsp3) is 0.182. The molecule has 5 aromatic rings. The molecule has 0 spiro atoms. The summed E-state index contributed by atoms with van der Waals surface area (Å²) in [6.07, 6.45) is 3.61. The molecule has 2 aromatic carbocycles. The Hall–Kier alpha value is -3.30. The average Bonchev–Trinajstić information content (AvgIpc) is 3.53. The summed E-state index contributed by atoms with van der Waals surface area (Å²) in [5, 5.41) is 5.33. The van der Waals surface area contributed by atoms with Crippen molar-refractivity contribution >= 4 is 54.1 Å². The maximum Gasteiger partial charge on any atom is 0.289 e. The molecule has 3 heterocycles. The van der Waals surface area contributed by atoms with Gasteiger partial charge < -0.3 is 4.74 Å². The molecule has 156 valence electrons. The van der Waals surface area contributed by atoms with Crippen molar-refractivity contribution in [2.24, 2.45) is 0 Å². The van der Waals surface area contributed by atoms with Crippen LogP contribution < -0.4 is 9.64 Å². The van der Waals surface area contributed by atoms with Gasteiger partial charge in [-0.3, -0.25) is 14.4 Å². The number of hydrogen-bond donors (Lipinski definition) is 0. The zero-order chi connectivity index (χ0) is 21.2. The van der Waals surface area contributed by atoms with Crippen LogP contribution in [0, 0.1) is 0 Å². The molecule has 0 aliphatic carbocycles. The van der Waals surface area contributed by atoms with Gasteiger partial charge in [0, 0.05) is 18.9 Å². The summed E-state index contributed by atoms with van der Waals surface area (Å²) in [5.41, 5.74) is 1.59. The van der Waals surface area contributed by atoms with Gasteiger partial charge in [-0.1, -0.05) is 29.5 Å². The Kier molecular flexibility index (Phi) is 5.35. The summed E-state index contributed by atoms with van der Waals surface area (Å²) in [4.78, 5) is 24.6. The average molecular weight is 450 g/mol. The molecule has 7 nitrogen and oxygen atoms in total. The van der Waals surface area contributed by atoms with Gasteiger partial charge in [-0.2, -0.15) is 5.10 Å². The summed E-state index contributed by atoms with van der Waals surface area (Å²) in [6.45, 7) is 3.48. The van der Waals surface area contributed by atoms with Crippen LogP contribution in [0.4, 0.5) is 5.13 Å². The Labute approximate surface area is 186 Å². The minimum atomic E-state index is -0.162. The molecule has 0 aliphatic rings. The number of hydrogen-bond acceptors (Lipinski definition) is 7. The lowest BCUT2D eigenvalue weighted by atomic mass is 10.3. The second-order valence-corrected chi connectivity index (χ2v) is 8.78. The minimum Gasteiger partial charge on any atom is -0.492 e. The van der Waals surface area contributed by atoms with Crippen LogP contribution in [0.1, 0.15) is 16.7 Å². The van der Waals surface area contributed by atoms with Crippen molar-refractivity contribution in [2.75, 3.05) is 18.1 Å². The van der Waals surface area contributed by atoms with Gasteiger partial charge in [-0.15, -0.1) is 11.3 Å². The van der Waals surface area contributed by atoms with Gasteiger partial charge in [0.2, 0.25) is 0 Å². The zero-order valence-corrected chi connectivity index (χ0v) is 18.4. The Morgan fingerprint density at radius 2 is 1.94 bits per heavy atom. The normalized spacial score (nSPS) is 11.3. The number of ether oxygens (including phenoxy) is 1. The number of fused-ring (bicyclic) bond motifs is 2. The van der Waals surface area contributed by atoms with E-state index >= 15 is 0 Å². The topological polar surface area (TPSA) is 73.1 Å².